The van der Waals surface area contributed by atoms with Crippen LogP contribution in [-0.4, -0.2) is 45.7 Å². The van der Waals surface area contributed by atoms with Crippen LogP contribution in [-0.2, 0) is 0 Å². The summed E-state index contributed by atoms with van der Waals surface area (Å²) in [5.41, 5.74) is 2.09. The van der Waals surface area contributed by atoms with E-state index in [0.717, 1.165) is 37.5 Å². The second-order valence-electron chi connectivity index (χ2n) is 5.17. The number of aryl methyl sites for hydroxylation is 1. The van der Waals surface area contributed by atoms with Crippen LogP contribution in [0.4, 0.5) is 5.95 Å². The van der Waals surface area contributed by atoms with E-state index < -0.39 is 0 Å². The third-order valence-electron chi connectivity index (χ3n) is 3.53. The molecule has 2 aromatic rings. The first kappa shape index (κ1) is 11.5. The number of rotatable bonds is 2. The lowest BCUT2D eigenvalue weighted by molar-refractivity contribution is 0.263. The van der Waals surface area contributed by atoms with Gasteiger partial charge in [-0.25, -0.2) is 4.52 Å². The minimum absolute atomic E-state index is 0.500. The molecular formula is C13H19N5. The number of hydrogen-bond donors (Lipinski definition) is 1. The Labute approximate surface area is 107 Å². The first-order valence-electron chi connectivity index (χ1n) is 6.49. The molecule has 0 spiro atoms. The van der Waals surface area contributed by atoms with Crippen LogP contribution in [0.1, 0.15) is 18.4 Å². The van der Waals surface area contributed by atoms with Crippen LogP contribution >= 0.6 is 0 Å². The Bertz CT molecular complexity index is 539. The second-order valence-corrected chi connectivity index (χ2v) is 5.17. The van der Waals surface area contributed by atoms with Crippen LogP contribution in [0, 0.1) is 6.92 Å². The van der Waals surface area contributed by atoms with E-state index in [1.54, 1.807) is 0 Å². The van der Waals surface area contributed by atoms with Gasteiger partial charge in [-0.15, -0.1) is 5.10 Å². The van der Waals surface area contributed by atoms with Crippen LogP contribution in [0.5, 0.6) is 0 Å². The third-order valence-corrected chi connectivity index (χ3v) is 3.53. The third kappa shape index (κ3) is 2.31. The van der Waals surface area contributed by atoms with E-state index in [0.29, 0.717) is 6.04 Å². The smallest absolute Gasteiger partial charge is 0.243 e. The van der Waals surface area contributed by atoms with E-state index in [9.17, 15) is 0 Å². The van der Waals surface area contributed by atoms with Crippen LogP contribution in [0.25, 0.3) is 5.65 Å². The molecule has 5 nitrogen and oxygen atoms in total. The molecule has 1 aliphatic heterocycles. The summed E-state index contributed by atoms with van der Waals surface area (Å²) in [7, 11) is 2.17. The zero-order valence-electron chi connectivity index (χ0n) is 10.9. The summed E-state index contributed by atoms with van der Waals surface area (Å²) < 4.78 is 1.84. The average molecular weight is 245 g/mol. The monoisotopic (exact) mass is 245 g/mol. The number of hydrogen-bond acceptors (Lipinski definition) is 4. The molecule has 0 saturated carbocycles. The van der Waals surface area contributed by atoms with Gasteiger partial charge in [-0.1, -0.05) is 6.07 Å². The van der Waals surface area contributed by atoms with Crippen LogP contribution in [0.15, 0.2) is 18.3 Å². The predicted octanol–water partition coefficient (Wildman–Crippen LogP) is 1.54. The first-order valence-corrected chi connectivity index (χ1v) is 6.49. The van der Waals surface area contributed by atoms with E-state index >= 15 is 0 Å². The molecule has 0 amide bonds. The van der Waals surface area contributed by atoms with Crippen LogP contribution < -0.4 is 5.32 Å². The highest BCUT2D eigenvalue weighted by molar-refractivity contribution is 5.44. The van der Waals surface area contributed by atoms with Crippen LogP contribution in [0.2, 0.25) is 0 Å². The molecule has 0 unspecified atom stereocenters. The van der Waals surface area contributed by atoms with Crippen molar-refractivity contribution in [3.63, 3.8) is 0 Å². The minimum Gasteiger partial charge on any atom is -0.350 e. The van der Waals surface area contributed by atoms with Gasteiger partial charge in [0.1, 0.15) is 0 Å². The topological polar surface area (TPSA) is 45.5 Å². The van der Waals surface area contributed by atoms with Crippen molar-refractivity contribution in [2.24, 2.45) is 0 Å². The van der Waals surface area contributed by atoms with Crippen molar-refractivity contribution in [1.82, 2.24) is 19.5 Å². The van der Waals surface area contributed by atoms with Gasteiger partial charge >= 0.3 is 0 Å². The summed E-state index contributed by atoms with van der Waals surface area (Å²) in [4.78, 5) is 6.85. The molecule has 1 fully saturated rings. The summed E-state index contributed by atoms with van der Waals surface area (Å²) in [6.07, 6.45) is 4.32. The number of aromatic nitrogens is 3. The second kappa shape index (κ2) is 4.57. The standard InChI is InChI=1S/C13H19N5/c1-10-3-4-12-15-13(16-18(12)9-10)14-11-5-7-17(2)8-6-11/h3-4,9,11H,5-8H2,1-2H3,(H,14,16). The summed E-state index contributed by atoms with van der Waals surface area (Å²) in [5, 5.41) is 7.91. The fraction of sp³-hybridized carbons (Fsp3) is 0.538. The number of anilines is 1. The molecule has 0 aliphatic carbocycles. The first-order chi connectivity index (χ1) is 8.70. The van der Waals surface area contributed by atoms with Gasteiger partial charge in [0.2, 0.25) is 5.95 Å². The quantitative estimate of drug-likeness (QED) is 0.872. The molecule has 0 aromatic carbocycles. The van der Waals surface area contributed by atoms with E-state index in [1.807, 2.05) is 16.8 Å². The van der Waals surface area contributed by atoms with E-state index in [-0.39, 0.29) is 0 Å². The van der Waals surface area contributed by atoms with E-state index in [1.165, 1.54) is 5.56 Å². The molecule has 0 radical (unpaired) electrons. The van der Waals surface area contributed by atoms with Crippen molar-refractivity contribution in [2.75, 3.05) is 25.5 Å². The van der Waals surface area contributed by atoms with Gasteiger partial charge < -0.3 is 10.2 Å². The molecule has 96 valence electrons. The summed E-state index contributed by atoms with van der Waals surface area (Å²) in [5.74, 6) is 0.746. The summed E-state index contributed by atoms with van der Waals surface area (Å²) in [6.45, 7) is 4.35. The molecule has 1 saturated heterocycles. The normalized spacial score (nSPS) is 18.3. The molecule has 1 N–H and O–H groups in total. The molecule has 3 heterocycles. The molecule has 0 bridgehead atoms. The van der Waals surface area contributed by atoms with Gasteiger partial charge in [0.15, 0.2) is 5.65 Å². The average Bonchev–Trinajstić information content (AvgIpc) is 2.73. The largest absolute Gasteiger partial charge is 0.350 e. The highest BCUT2D eigenvalue weighted by Gasteiger charge is 2.17. The molecular weight excluding hydrogens is 226 g/mol. The number of pyridine rings is 1. The highest BCUT2D eigenvalue weighted by Crippen LogP contribution is 2.14. The predicted molar refractivity (Wildman–Crippen MR) is 71.9 cm³/mol. The van der Waals surface area contributed by atoms with Gasteiger partial charge in [0, 0.05) is 12.2 Å². The van der Waals surface area contributed by atoms with Gasteiger partial charge in [-0.05, 0) is 51.5 Å². The Morgan fingerprint density at radius 2 is 2.06 bits per heavy atom. The van der Waals surface area contributed by atoms with Gasteiger partial charge in [0.25, 0.3) is 0 Å². The molecule has 18 heavy (non-hydrogen) atoms. The lowest BCUT2D eigenvalue weighted by Crippen LogP contribution is -2.36. The maximum absolute atomic E-state index is 4.49. The van der Waals surface area contributed by atoms with Crippen molar-refractivity contribution >= 4 is 11.6 Å². The molecule has 3 rings (SSSR count). The number of likely N-dealkylation sites (tertiary alicyclic amines) is 1. The van der Waals surface area contributed by atoms with Crippen molar-refractivity contribution in [3.05, 3.63) is 23.9 Å². The Hall–Kier alpha value is -1.62. The van der Waals surface area contributed by atoms with E-state index in [2.05, 4.69) is 40.3 Å². The van der Waals surface area contributed by atoms with E-state index in [4.69, 9.17) is 0 Å². The fourth-order valence-electron chi connectivity index (χ4n) is 2.38. The van der Waals surface area contributed by atoms with Crippen molar-refractivity contribution in [3.8, 4) is 0 Å². The van der Waals surface area contributed by atoms with Crippen LogP contribution in [0.3, 0.4) is 0 Å². The summed E-state index contributed by atoms with van der Waals surface area (Å²) in [6, 6.07) is 4.56. The van der Waals surface area contributed by atoms with Gasteiger partial charge in [-0.2, -0.15) is 4.98 Å². The molecule has 5 heteroatoms. The SMILES string of the molecule is Cc1ccc2nc(NC3CCN(C)CC3)nn2c1. The molecule has 2 aromatic heterocycles. The van der Waals surface area contributed by atoms with Gasteiger partial charge in [0.05, 0.1) is 0 Å². The van der Waals surface area contributed by atoms with Crippen molar-refractivity contribution < 1.29 is 0 Å². The molecule has 1 aliphatic rings. The zero-order chi connectivity index (χ0) is 12.5. The maximum atomic E-state index is 4.49. The number of nitrogens with one attached hydrogen (secondary N) is 1. The van der Waals surface area contributed by atoms with Crippen molar-refractivity contribution in [2.45, 2.75) is 25.8 Å². The maximum Gasteiger partial charge on any atom is 0.243 e. The summed E-state index contributed by atoms with van der Waals surface area (Å²) >= 11 is 0. The molecule has 0 atom stereocenters. The van der Waals surface area contributed by atoms with Gasteiger partial charge in [-0.3, -0.25) is 0 Å². The lowest BCUT2D eigenvalue weighted by atomic mass is 10.1. The Balaban J connectivity index is 1.74. The fourth-order valence-corrected chi connectivity index (χ4v) is 2.38. The Morgan fingerprint density at radius 3 is 2.83 bits per heavy atom. The highest BCUT2D eigenvalue weighted by atomic mass is 15.3. The number of piperidine rings is 1. The zero-order valence-corrected chi connectivity index (χ0v) is 10.9. The number of nitrogens with zero attached hydrogens (tertiary/aromatic N) is 4. The number of fused-ring (bicyclic) bond motifs is 1. The van der Waals surface area contributed by atoms with Crippen molar-refractivity contribution in [1.29, 1.82) is 0 Å². The Kier molecular flexibility index (Phi) is 2.91. The minimum atomic E-state index is 0.500. The Morgan fingerprint density at radius 1 is 1.28 bits per heavy atom. The lowest BCUT2D eigenvalue weighted by Gasteiger charge is -2.28.